The maximum Gasteiger partial charge on any atom is 0.155 e. The number of hydrogen-bond acceptors (Lipinski definition) is 4. The standard InChI is InChI=1S/C14H26N2O2/c1-3-5-9-17-12-7-8-14(16,13(15)11-12)18-10-6-4-2/h7-8,11,13H,3-6,9-10,15-16H2,1-2H3. The fourth-order valence-electron chi connectivity index (χ4n) is 1.65. The number of hydrogen-bond donors (Lipinski definition) is 2. The number of ether oxygens (including phenoxy) is 2. The maximum absolute atomic E-state index is 6.13. The molecule has 4 nitrogen and oxygen atoms in total. The Morgan fingerprint density at radius 3 is 2.50 bits per heavy atom. The molecule has 0 saturated heterocycles. The van der Waals surface area contributed by atoms with Gasteiger partial charge in [-0.2, -0.15) is 0 Å². The molecule has 18 heavy (non-hydrogen) atoms. The number of allylic oxidation sites excluding steroid dienone is 1. The van der Waals surface area contributed by atoms with Crippen molar-refractivity contribution in [1.29, 1.82) is 0 Å². The van der Waals surface area contributed by atoms with Gasteiger partial charge in [0.2, 0.25) is 0 Å². The zero-order chi connectivity index (χ0) is 13.4. The first-order valence-electron chi connectivity index (χ1n) is 6.84. The maximum atomic E-state index is 6.13. The molecule has 0 saturated carbocycles. The Bertz CT molecular complexity index is 302. The minimum absolute atomic E-state index is 0.365. The van der Waals surface area contributed by atoms with Gasteiger partial charge in [-0.1, -0.05) is 26.7 Å². The highest BCUT2D eigenvalue weighted by Gasteiger charge is 2.32. The lowest BCUT2D eigenvalue weighted by molar-refractivity contribution is -0.0164. The summed E-state index contributed by atoms with van der Waals surface area (Å²) in [6.07, 6.45) is 9.71. The van der Waals surface area contributed by atoms with E-state index in [1.165, 1.54) is 0 Å². The van der Waals surface area contributed by atoms with Crippen molar-refractivity contribution in [2.75, 3.05) is 13.2 Å². The van der Waals surface area contributed by atoms with Crippen LogP contribution >= 0.6 is 0 Å². The second-order valence-corrected chi connectivity index (χ2v) is 4.69. The third-order valence-corrected chi connectivity index (χ3v) is 2.99. The van der Waals surface area contributed by atoms with Crippen molar-refractivity contribution in [1.82, 2.24) is 0 Å². The van der Waals surface area contributed by atoms with Gasteiger partial charge < -0.3 is 15.2 Å². The van der Waals surface area contributed by atoms with Crippen LogP contribution < -0.4 is 11.5 Å². The Morgan fingerprint density at radius 1 is 1.22 bits per heavy atom. The Hall–Kier alpha value is -0.840. The summed E-state index contributed by atoms with van der Waals surface area (Å²) in [5, 5.41) is 0. The first-order valence-corrected chi connectivity index (χ1v) is 6.84. The first-order chi connectivity index (χ1) is 8.62. The predicted octanol–water partition coefficient (Wildman–Crippen LogP) is 2.06. The van der Waals surface area contributed by atoms with Crippen LogP contribution in [0.3, 0.4) is 0 Å². The van der Waals surface area contributed by atoms with Crippen LogP contribution in [0.25, 0.3) is 0 Å². The summed E-state index contributed by atoms with van der Waals surface area (Å²) < 4.78 is 11.3. The molecule has 0 aromatic rings. The first kappa shape index (κ1) is 15.2. The van der Waals surface area contributed by atoms with Crippen LogP contribution in [0.1, 0.15) is 39.5 Å². The van der Waals surface area contributed by atoms with Crippen LogP contribution in [0.5, 0.6) is 0 Å². The Morgan fingerprint density at radius 2 is 1.89 bits per heavy atom. The third-order valence-electron chi connectivity index (χ3n) is 2.99. The second-order valence-electron chi connectivity index (χ2n) is 4.69. The van der Waals surface area contributed by atoms with Crippen LogP contribution in [-0.2, 0) is 9.47 Å². The van der Waals surface area contributed by atoms with Gasteiger partial charge in [0.25, 0.3) is 0 Å². The van der Waals surface area contributed by atoms with Crippen molar-refractivity contribution in [2.45, 2.75) is 51.3 Å². The summed E-state index contributed by atoms with van der Waals surface area (Å²) in [4.78, 5) is 0. The van der Waals surface area contributed by atoms with Crippen molar-refractivity contribution in [3.05, 3.63) is 24.0 Å². The quantitative estimate of drug-likeness (QED) is 0.514. The molecule has 104 valence electrons. The zero-order valence-corrected chi connectivity index (χ0v) is 11.5. The molecule has 0 fully saturated rings. The molecule has 0 amide bonds. The normalized spacial score (nSPS) is 27.1. The van der Waals surface area contributed by atoms with E-state index < -0.39 is 5.72 Å². The fraction of sp³-hybridized carbons (Fsp3) is 0.714. The van der Waals surface area contributed by atoms with E-state index in [4.69, 9.17) is 20.9 Å². The van der Waals surface area contributed by atoms with Crippen molar-refractivity contribution >= 4 is 0 Å². The largest absolute Gasteiger partial charge is 0.494 e. The Labute approximate surface area is 110 Å². The van der Waals surface area contributed by atoms with E-state index >= 15 is 0 Å². The highest BCUT2D eigenvalue weighted by molar-refractivity contribution is 5.27. The molecule has 2 unspecified atom stereocenters. The van der Waals surface area contributed by atoms with Gasteiger partial charge in [-0.15, -0.1) is 0 Å². The van der Waals surface area contributed by atoms with Gasteiger partial charge in [-0.05, 0) is 31.1 Å². The summed E-state index contributed by atoms with van der Waals surface area (Å²) in [6, 6.07) is -0.365. The molecule has 1 rings (SSSR count). The van der Waals surface area contributed by atoms with E-state index in [-0.39, 0.29) is 6.04 Å². The molecule has 4 heteroatoms. The topological polar surface area (TPSA) is 70.5 Å². The van der Waals surface area contributed by atoms with Crippen molar-refractivity contribution in [3.8, 4) is 0 Å². The van der Waals surface area contributed by atoms with E-state index in [0.29, 0.717) is 13.2 Å². The van der Waals surface area contributed by atoms with E-state index in [1.54, 1.807) is 6.08 Å². The molecule has 0 aromatic heterocycles. The summed E-state index contributed by atoms with van der Waals surface area (Å²) in [5.74, 6) is 0.788. The summed E-state index contributed by atoms with van der Waals surface area (Å²) in [7, 11) is 0. The number of nitrogens with two attached hydrogens (primary N) is 2. The lowest BCUT2D eigenvalue weighted by Gasteiger charge is -2.33. The summed E-state index contributed by atoms with van der Waals surface area (Å²) >= 11 is 0. The molecule has 0 aliphatic heterocycles. The molecule has 2 atom stereocenters. The summed E-state index contributed by atoms with van der Waals surface area (Å²) in [5.41, 5.74) is 11.3. The number of rotatable bonds is 8. The number of unbranched alkanes of at least 4 members (excludes halogenated alkanes) is 2. The van der Waals surface area contributed by atoms with E-state index in [1.807, 2.05) is 12.2 Å². The SMILES string of the molecule is CCCCOC1=CC(N)C(N)(OCCCC)C=C1. The molecule has 4 N–H and O–H groups in total. The van der Waals surface area contributed by atoms with E-state index in [9.17, 15) is 0 Å². The average Bonchev–Trinajstić information content (AvgIpc) is 2.35. The molecule has 0 heterocycles. The van der Waals surface area contributed by atoms with Gasteiger partial charge in [-0.25, -0.2) is 0 Å². The van der Waals surface area contributed by atoms with Crippen LogP contribution in [-0.4, -0.2) is 25.0 Å². The van der Waals surface area contributed by atoms with Crippen molar-refractivity contribution < 1.29 is 9.47 Å². The predicted molar refractivity (Wildman–Crippen MR) is 73.8 cm³/mol. The zero-order valence-electron chi connectivity index (χ0n) is 11.5. The van der Waals surface area contributed by atoms with Gasteiger partial charge in [-0.3, -0.25) is 5.73 Å². The van der Waals surface area contributed by atoms with Gasteiger partial charge in [0.1, 0.15) is 5.76 Å². The van der Waals surface area contributed by atoms with Crippen molar-refractivity contribution in [2.24, 2.45) is 11.5 Å². The summed E-state index contributed by atoms with van der Waals surface area (Å²) in [6.45, 7) is 5.59. The second kappa shape index (κ2) is 7.56. The molecule has 0 spiro atoms. The third kappa shape index (κ3) is 4.44. The molecule has 1 aliphatic carbocycles. The highest BCUT2D eigenvalue weighted by atomic mass is 16.5. The van der Waals surface area contributed by atoms with Crippen molar-refractivity contribution in [3.63, 3.8) is 0 Å². The molecule has 0 aromatic carbocycles. The smallest absolute Gasteiger partial charge is 0.155 e. The lowest BCUT2D eigenvalue weighted by atomic mass is 9.99. The minimum Gasteiger partial charge on any atom is -0.494 e. The Kier molecular flexibility index (Phi) is 6.39. The molecule has 0 bridgehead atoms. The highest BCUT2D eigenvalue weighted by Crippen LogP contribution is 2.20. The minimum atomic E-state index is -0.896. The molecular formula is C14H26N2O2. The van der Waals surface area contributed by atoms with Crippen LogP contribution in [0.4, 0.5) is 0 Å². The van der Waals surface area contributed by atoms with Crippen LogP contribution in [0.2, 0.25) is 0 Å². The van der Waals surface area contributed by atoms with Gasteiger partial charge in [0.15, 0.2) is 5.72 Å². The van der Waals surface area contributed by atoms with E-state index in [2.05, 4.69) is 13.8 Å². The van der Waals surface area contributed by atoms with E-state index in [0.717, 1.165) is 31.4 Å². The van der Waals surface area contributed by atoms with Crippen LogP contribution in [0, 0.1) is 0 Å². The molecular weight excluding hydrogens is 228 g/mol. The fourth-order valence-corrected chi connectivity index (χ4v) is 1.65. The monoisotopic (exact) mass is 254 g/mol. The lowest BCUT2D eigenvalue weighted by Crippen LogP contribution is -2.56. The van der Waals surface area contributed by atoms with Gasteiger partial charge in [0.05, 0.1) is 12.6 Å². The van der Waals surface area contributed by atoms with Crippen LogP contribution in [0.15, 0.2) is 24.0 Å². The average molecular weight is 254 g/mol. The molecule has 1 aliphatic rings. The molecule has 0 radical (unpaired) electrons. The Balaban J connectivity index is 2.46. The van der Waals surface area contributed by atoms with Gasteiger partial charge >= 0.3 is 0 Å². The van der Waals surface area contributed by atoms with Gasteiger partial charge in [0, 0.05) is 6.61 Å².